The summed E-state index contributed by atoms with van der Waals surface area (Å²) in [6.07, 6.45) is 4.26. The summed E-state index contributed by atoms with van der Waals surface area (Å²) in [4.78, 5) is 20.8. The number of allylic oxidation sites excluding steroid dienone is 1. The molecule has 2 aliphatic rings. The zero-order valence-electron chi connectivity index (χ0n) is 20.7. The lowest BCUT2D eigenvalue weighted by atomic mass is 9.93. The molecule has 4 heterocycles. The minimum Gasteiger partial charge on any atom is -0.493 e. The minimum atomic E-state index is -1.77. The number of methoxy groups -OCH3 is 1. The number of pyridine rings is 1. The Morgan fingerprint density at radius 3 is 2.97 bits per heavy atom. The van der Waals surface area contributed by atoms with Gasteiger partial charge >= 0.3 is 0 Å². The SMILES string of the molecule is COc1c(Cl)cccc1Nc1c(-c2ccncc2OC[C@@H]2CCCO2)[nH]c2c1C(=O)NC[C@@H]2CC=C(F)F. The number of aromatic nitrogens is 2. The first-order valence-electron chi connectivity index (χ1n) is 12.3. The van der Waals surface area contributed by atoms with Crippen molar-refractivity contribution in [3.05, 3.63) is 65.1 Å². The number of hydrogen-bond donors (Lipinski definition) is 3. The van der Waals surface area contributed by atoms with Crippen LogP contribution in [0, 0.1) is 0 Å². The molecule has 1 aromatic carbocycles. The predicted octanol–water partition coefficient (Wildman–Crippen LogP) is 6.04. The molecule has 0 aliphatic carbocycles. The van der Waals surface area contributed by atoms with Crippen LogP contribution in [0.15, 0.2) is 48.8 Å². The van der Waals surface area contributed by atoms with E-state index in [0.717, 1.165) is 18.9 Å². The van der Waals surface area contributed by atoms with Crippen molar-refractivity contribution in [1.82, 2.24) is 15.3 Å². The van der Waals surface area contributed by atoms with E-state index in [9.17, 15) is 13.6 Å². The lowest BCUT2D eigenvalue weighted by Crippen LogP contribution is -2.34. The Balaban J connectivity index is 1.62. The number of carbonyl (C=O) groups excluding carboxylic acids is 1. The topological polar surface area (TPSA) is 97.5 Å². The first kappa shape index (κ1) is 26.0. The van der Waals surface area contributed by atoms with Gasteiger partial charge in [-0.1, -0.05) is 17.7 Å². The number of hydrogen-bond acceptors (Lipinski definition) is 6. The van der Waals surface area contributed by atoms with Gasteiger partial charge in [0.25, 0.3) is 12.0 Å². The normalized spacial score (nSPS) is 18.5. The molecule has 2 aromatic heterocycles. The van der Waals surface area contributed by atoms with Gasteiger partial charge in [0.2, 0.25) is 0 Å². The molecule has 11 heteroatoms. The molecule has 0 saturated carbocycles. The van der Waals surface area contributed by atoms with Crippen molar-refractivity contribution in [3.63, 3.8) is 0 Å². The maximum atomic E-state index is 13.2. The number of aromatic amines is 1. The zero-order chi connectivity index (χ0) is 26.6. The molecule has 3 N–H and O–H groups in total. The number of amides is 1. The molecule has 1 fully saturated rings. The molecule has 0 unspecified atom stereocenters. The molecular weight excluding hydrogens is 518 g/mol. The molecule has 200 valence electrons. The summed E-state index contributed by atoms with van der Waals surface area (Å²) in [5.41, 5.74) is 3.05. The Morgan fingerprint density at radius 1 is 1.34 bits per heavy atom. The van der Waals surface area contributed by atoms with Crippen LogP contribution in [0.3, 0.4) is 0 Å². The first-order valence-corrected chi connectivity index (χ1v) is 12.7. The van der Waals surface area contributed by atoms with Crippen LogP contribution in [0.1, 0.15) is 41.2 Å². The van der Waals surface area contributed by atoms with E-state index in [0.29, 0.717) is 63.6 Å². The fourth-order valence-corrected chi connectivity index (χ4v) is 5.09. The van der Waals surface area contributed by atoms with Crippen LogP contribution < -0.4 is 20.1 Å². The Morgan fingerprint density at radius 2 is 2.21 bits per heavy atom. The van der Waals surface area contributed by atoms with Crippen molar-refractivity contribution in [2.24, 2.45) is 0 Å². The van der Waals surface area contributed by atoms with E-state index in [-0.39, 0.29) is 25.0 Å². The molecule has 38 heavy (non-hydrogen) atoms. The summed E-state index contributed by atoms with van der Waals surface area (Å²) in [5, 5.41) is 6.53. The van der Waals surface area contributed by atoms with Crippen LogP contribution in [-0.4, -0.2) is 48.8 Å². The highest BCUT2D eigenvalue weighted by Crippen LogP contribution is 2.45. The smallest absolute Gasteiger partial charge is 0.266 e. The van der Waals surface area contributed by atoms with Crippen molar-refractivity contribution >= 4 is 28.9 Å². The lowest BCUT2D eigenvalue weighted by Gasteiger charge is -2.23. The molecule has 0 spiro atoms. The third-order valence-corrected chi connectivity index (χ3v) is 6.96. The number of ether oxygens (including phenoxy) is 3. The van der Waals surface area contributed by atoms with Gasteiger partial charge in [-0.25, -0.2) is 0 Å². The van der Waals surface area contributed by atoms with E-state index in [4.69, 9.17) is 25.8 Å². The van der Waals surface area contributed by atoms with E-state index in [1.807, 2.05) is 0 Å². The lowest BCUT2D eigenvalue weighted by molar-refractivity contribution is 0.0680. The van der Waals surface area contributed by atoms with Gasteiger partial charge in [-0.3, -0.25) is 9.78 Å². The third-order valence-electron chi connectivity index (χ3n) is 6.66. The van der Waals surface area contributed by atoms with Crippen LogP contribution in [0.25, 0.3) is 11.3 Å². The molecule has 2 aliphatic heterocycles. The van der Waals surface area contributed by atoms with Gasteiger partial charge in [0.1, 0.15) is 12.4 Å². The third kappa shape index (κ3) is 5.32. The van der Waals surface area contributed by atoms with Gasteiger partial charge in [-0.2, -0.15) is 8.78 Å². The number of nitrogens with zero attached hydrogens (tertiary/aromatic N) is 1. The van der Waals surface area contributed by atoms with E-state index in [1.54, 1.807) is 36.7 Å². The Labute approximate surface area is 223 Å². The summed E-state index contributed by atoms with van der Waals surface area (Å²) in [7, 11) is 1.50. The second-order valence-electron chi connectivity index (χ2n) is 9.06. The largest absolute Gasteiger partial charge is 0.493 e. The quantitative estimate of drug-likeness (QED) is 0.304. The van der Waals surface area contributed by atoms with Gasteiger partial charge in [0.05, 0.1) is 47.1 Å². The monoisotopic (exact) mass is 544 g/mol. The average molecular weight is 545 g/mol. The summed E-state index contributed by atoms with van der Waals surface area (Å²) in [6.45, 7) is 1.28. The van der Waals surface area contributed by atoms with Crippen LogP contribution in [0.2, 0.25) is 5.02 Å². The molecule has 5 rings (SSSR count). The highest BCUT2D eigenvalue weighted by atomic mass is 35.5. The predicted molar refractivity (Wildman–Crippen MR) is 140 cm³/mol. The summed E-state index contributed by atoms with van der Waals surface area (Å²) >= 11 is 6.35. The van der Waals surface area contributed by atoms with E-state index in [2.05, 4.69) is 20.6 Å². The number of rotatable bonds is 9. The molecule has 0 radical (unpaired) electrons. The maximum Gasteiger partial charge on any atom is 0.266 e. The number of halogens is 3. The minimum absolute atomic E-state index is 0.00855. The number of H-pyrrole nitrogens is 1. The van der Waals surface area contributed by atoms with Crippen LogP contribution in [-0.2, 0) is 4.74 Å². The van der Waals surface area contributed by atoms with E-state index < -0.39 is 12.0 Å². The van der Waals surface area contributed by atoms with Gasteiger partial charge in [-0.05, 0) is 43.5 Å². The molecular formula is C27H27ClF2N4O4. The van der Waals surface area contributed by atoms with Gasteiger partial charge in [0, 0.05) is 36.5 Å². The van der Waals surface area contributed by atoms with E-state index in [1.165, 1.54) is 7.11 Å². The summed E-state index contributed by atoms with van der Waals surface area (Å²) in [5.74, 6) is 0.171. The first-order chi connectivity index (χ1) is 18.5. The Hall–Kier alpha value is -3.63. The number of fused-ring (bicyclic) bond motifs is 1. The molecule has 1 saturated heterocycles. The molecule has 1 amide bonds. The van der Waals surface area contributed by atoms with Crippen LogP contribution in [0.5, 0.6) is 11.5 Å². The second-order valence-corrected chi connectivity index (χ2v) is 9.47. The second kappa shape index (κ2) is 11.4. The number of carbonyl (C=O) groups is 1. The van der Waals surface area contributed by atoms with E-state index >= 15 is 0 Å². The van der Waals surface area contributed by atoms with Crippen molar-refractivity contribution < 1.29 is 27.8 Å². The number of para-hydroxylation sites is 1. The number of benzene rings is 1. The molecule has 8 nitrogen and oxygen atoms in total. The standard InChI is InChI=1S/C27H27ClF2N4O4/c1-36-26-18(28)5-2-6-19(26)33-25-22-23(15(7-8-21(29)30)12-32-27(22)35)34-24(25)17-9-10-31-13-20(17)38-14-16-4-3-11-37-16/h2,5-6,8-10,13,15-16,33-34H,3-4,7,11-12,14H2,1H3,(H,32,35)/t15-,16-/m0/s1. The molecule has 2 atom stereocenters. The maximum absolute atomic E-state index is 13.2. The highest BCUT2D eigenvalue weighted by molar-refractivity contribution is 6.32. The van der Waals surface area contributed by atoms with Gasteiger partial charge in [-0.15, -0.1) is 0 Å². The Bertz CT molecular complexity index is 1350. The van der Waals surface area contributed by atoms with Crippen molar-refractivity contribution in [2.75, 3.05) is 32.2 Å². The van der Waals surface area contributed by atoms with Crippen LogP contribution in [0.4, 0.5) is 20.2 Å². The van der Waals surface area contributed by atoms with Crippen molar-refractivity contribution in [2.45, 2.75) is 31.3 Å². The van der Waals surface area contributed by atoms with Crippen LogP contribution >= 0.6 is 11.6 Å². The van der Waals surface area contributed by atoms with Crippen molar-refractivity contribution in [1.29, 1.82) is 0 Å². The van der Waals surface area contributed by atoms with Gasteiger partial charge in [0.15, 0.2) is 5.75 Å². The Kier molecular flexibility index (Phi) is 7.80. The molecule has 0 bridgehead atoms. The molecule has 3 aromatic rings. The number of anilines is 2. The fraction of sp³-hybridized carbons (Fsp3) is 0.333. The summed E-state index contributed by atoms with van der Waals surface area (Å²) in [6, 6.07) is 7.00. The zero-order valence-corrected chi connectivity index (χ0v) is 21.4. The number of nitrogens with one attached hydrogen (secondary N) is 3. The van der Waals surface area contributed by atoms with Gasteiger partial charge < -0.3 is 29.8 Å². The average Bonchev–Trinajstić information content (AvgIpc) is 3.56. The fourth-order valence-electron chi connectivity index (χ4n) is 4.84. The highest BCUT2D eigenvalue weighted by Gasteiger charge is 2.33. The van der Waals surface area contributed by atoms with Crippen molar-refractivity contribution in [3.8, 4) is 22.8 Å². The summed E-state index contributed by atoms with van der Waals surface area (Å²) < 4.78 is 43.2.